The molecule has 0 spiro atoms. The summed E-state index contributed by atoms with van der Waals surface area (Å²) in [6, 6.07) is 12.4. The molecule has 0 atom stereocenters. The monoisotopic (exact) mass is 303 g/mol. The molecule has 2 aromatic carbocycles. The molecule has 2 aromatic rings. The summed E-state index contributed by atoms with van der Waals surface area (Å²) in [5.41, 5.74) is 4.49. The molecular weight excluding hydrogens is 282 g/mol. The quantitative estimate of drug-likeness (QED) is 0.772. The molecule has 0 amide bonds. The van der Waals surface area contributed by atoms with E-state index in [1.165, 1.54) is 5.56 Å². The van der Waals surface area contributed by atoms with Gasteiger partial charge in [-0.3, -0.25) is 0 Å². The fraction of sp³-hybridized carbons (Fsp3) is 0.333. The first-order valence-corrected chi connectivity index (χ1v) is 7.67. The number of methoxy groups -OCH3 is 1. The lowest BCUT2D eigenvalue weighted by Crippen LogP contribution is -2.13. The van der Waals surface area contributed by atoms with Crippen LogP contribution in [0.1, 0.15) is 24.5 Å². The Bertz CT molecular complexity index is 610. The van der Waals surface area contributed by atoms with E-state index in [0.29, 0.717) is 0 Å². The van der Waals surface area contributed by atoms with E-state index in [1.54, 1.807) is 7.11 Å². The van der Waals surface area contributed by atoms with Crippen molar-refractivity contribution in [1.82, 2.24) is 5.32 Å². The van der Waals surface area contributed by atoms with Crippen molar-refractivity contribution in [3.05, 3.63) is 52.5 Å². The Morgan fingerprint density at radius 3 is 2.62 bits per heavy atom. The second-order valence-electron chi connectivity index (χ2n) is 5.19. The van der Waals surface area contributed by atoms with Crippen LogP contribution in [0.3, 0.4) is 0 Å². The molecule has 3 heteroatoms. The van der Waals surface area contributed by atoms with Gasteiger partial charge >= 0.3 is 0 Å². The van der Waals surface area contributed by atoms with E-state index in [1.807, 2.05) is 18.2 Å². The number of hydrogen-bond donors (Lipinski definition) is 1. The Morgan fingerprint density at radius 2 is 1.95 bits per heavy atom. The van der Waals surface area contributed by atoms with Crippen LogP contribution in [-0.4, -0.2) is 13.7 Å². The van der Waals surface area contributed by atoms with Crippen molar-refractivity contribution in [2.24, 2.45) is 0 Å². The molecular formula is C18H22ClNO. The van der Waals surface area contributed by atoms with Crippen molar-refractivity contribution in [3.63, 3.8) is 0 Å². The smallest absolute Gasteiger partial charge is 0.126 e. The van der Waals surface area contributed by atoms with Crippen LogP contribution in [0, 0.1) is 6.92 Å². The van der Waals surface area contributed by atoms with Gasteiger partial charge in [-0.2, -0.15) is 0 Å². The van der Waals surface area contributed by atoms with E-state index >= 15 is 0 Å². The maximum Gasteiger partial charge on any atom is 0.126 e. The fourth-order valence-corrected chi connectivity index (χ4v) is 2.55. The second-order valence-corrected chi connectivity index (χ2v) is 5.59. The molecule has 21 heavy (non-hydrogen) atoms. The molecule has 0 saturated heterocycles. The van der Waals surface area contributed by atoms with Crippen molar-refractivity contribution < 1.29 is 4.74 Å². The molecule has 0 aromatic heterocycles. The number of benzene rings is 2. The first-order chi connectivity index (χ1) is 10.2. The lowest BCUT2D eigenvalue weighted by atomic mass is 10.0. The van der Waals surface area contributed by atoms with Crippen LogP contribution in [0.2, 0.25) is 5.02 Å². The Hall–Kier alpha value is -1.51. The zero-order chi connectivity index (χ0) is 15.2. The van der Waals surface area contributed by atoms with E-state index in [2.05, 4.69) is 37.4 Å². The van der Waals surface area contributed by atoms with Crippen LogP contribution in [-0.2, 0) is 6.54 Å². The lowest BCUT2D eigenvalue weighted by Gasteiger charge is -2.12. The first kappa shape index (κ1) is 15.9. The van der Waals surface area contributed by atoms with Crippen molar-refractivity contribution in [3.8, 4) is 16.9 Å². The highest BCUT2D eigenvalue weighted by molar-refractivity contribution is 6.31. The Labute approximate surface area is 132 Å². The zero-order valence-electron chi connectivity index (χ0n) is 12.9. The van der Waals surface area contributed by atoms with Gasteiger partial charge in [0.2, 0.25) is 0 Å². The highest BCUT2D eigenvalue weighted by Gasteiger charge is 2.08. The normalized spacial score (nSPS) is 10.7. The predicted octanol–water partition coefficient (Wildman–Crippen LogP) is 4.82. The molecule has 1 N–H and O–H groups in total. The third-order valence-electron chi connectivity index (χ3n) is 3.46. The highest BCUT2D eigenvalue weighted by Crippen LogP contribution is 2.33. The maximum atomic E-state index is 6.41. The van der Waals surface area contributed by atoms with Gasteiger partial charge in [0.05, 0.1) is 7.11 Å². The Balaban J connectivity index is 2.29. The average molecular weight is 304 g/mol. The number of halogens is 1. The molecule has 2 nitrogen and oxygen atoms in total. The number of hydrogen-bond acceptors (Lipinski definition) is 2. The molecule has 0 saturated carbocycles. The van der Waals surface area contributed by atoms with Gasteiger partial charge in [-0.1, -0.05) is 42.3 Å². The molecule has 0 aliphatic rings. The minimum atomic E-state index is 0.791. The summed E-state index contributed by atoms with van der Waals surface area (Å²) in [5.74, 6) is 0.869. The van der Waals surface area contributed by atoms with E-state index in [0.717, 1.165) is 47.0 Å². The van der Waals surface area contributed by atoms with Crippen molar-refractivity contribution in [1.29, 1.82) is 0 Å². The van der Waals surface area contributed by atoms with Gasteiger partial charge in [0.1, 0.15) is 5.75 Å². The van der Waals surface area contributed by atoms with E-state index in [9.17, 15) is 0 Å². The summed E-state index contributed by atoms with van der Waals surface area (Å²) >= 11 is 6.41. The topological polar surface area (TPSA) is 21.3 Å². The van der Waals surface area contributed by atoms with Crippen LogP contribution >= 0.6 is 11.6 Å². The summed E-state index contributed by atoms with van der Waals surface area (Å²) in [6.45, 7) is 6.04. The molecule has 112 valence electrons. The van der Waals surface area contributed by atoms with Crippen LogP contribution < -0.4 is 10.1 Å². The Morgan fingerprint density at radius 1 is 1.14 bits per heavy atom. The van der Waals surface area contributed by atoms with Gasteiger partial charge in [-0.15, -0.1) is 0 Å². The highest BCUT2D eigenvalue weighted by atomic mass is 35.5. The van der Waals surface area contributed by atoms with Gasteiger partial charge in [0.15, 0.2) is 0 Å². The Kier molecular flexibility index (Phi) is 5.66. The molecule has 0 radical (unpaired) electrons. The van der Waals surface area contributed by atoms with Crippen LogP contribution in [0.5, 0.6) is 5.75 Å². The van der Waals surface area contributed by atoms with Gasteiger partial charge in [-0.05, 0) is 49.2 Å². The summed E-state index contributed by atoms with van der Waals surface area (Å²) in [4.78, 5) is 0. The molecule has 0 unspecified atom stereocenters. The number of ether oxygens (including phenoxy) is 1. The number of nitrogens with one attached hydrogen (secondary N) is 1. The number of rotatable bonds is 6. The second kappa shape index (κ2) is 7.48. The molecule has 0 heterocycles. The van der Waals surface area contributed by atoms with Gasteiger partial charge in [0.25, 0.3) is 0 Å². The third kappa shape index (κ3) is 3.99. The summed E-state index contributed by atoms with van der Waals surface area (Å²) in [6.07, 6.45) is 1.12. The van der Waals surface area contributed by atoms with E-state index in [-0.39, 0.29) is 0 Å². The van der Waals surface area contributed by atoms with Crippen LogP contribution in [0.25, 0.3) is 11.1 Å². The molecule has 0 bridgehead atoms. The minimum Gasteiger partial charge on any atom is -0.496 e. The summed E-state index contributed by atoms with van der Waals surface area (Å²) in [7, 11) is 1.69. The largest absolute Gasteiger partial charge is 0.496 e. The molecule has 0 fully saturated rings. The van der Waals surface area contributed by atoms with Gasteiger partial charge in [-0.25, -0.2) is 0 Å². The zero-order valence-corrected chi connectivity index (χ0v) is 13.6. The SMILES string of the molecule is CCCNCc1ccc(-c2cc(C)ccc2OC)cc1Cl. The lowest BCUT2D eigenvalue weighted by molar-refractivity contribution is 0.416. The van der Waals surface area contributed by atoms with Gasteiger partial charge < -0.3 is 10.1 Å². The molecule has 0 aliphatic heterocycles. The summed E-state index contributed by atoms with van der Waals surface area (Å²) < 4.78 is 5.45. The fourth-order valence-electron chi connectivity index (χ4n) is 2.31. The third-order valence-corrected chi connectivity index (χ3v) is 3.81. The standard InChI is InChI=1S/C18H22ClNO/c1-4-9-20-12-15-7-6-14(11-17(15)19)16-10-13(2)5-8-18(16)21-3/h5-8,10-11,20H,4,9,12H2,1-3H3. The van der Waals surface area contributed by atoms with Crippen LogP contribution in [0.4, 0.5) is 0 Å². The molecule has 2 rings (SSSR count). The van der Waals surface area contributed by atoms with Gasteiger partial charge in [0, 0.05) is 17.1 Å². The van der Waals surface area contributed by atoms with Crippen LogP contribution in [0.15, 0.2) is 36.4 Å². The van der Waals surface area contributed by atoms with E-state index < -0.39 is 0 Å². The minimum absolute atomic E-state index is 0.791. The molecule has 0 aliphatic carbocycles. The summed E-state index contributed by atoms with van der Waals surface area (Å²) in [5, 5.41) is 4.17. The average Bonchev–Trinajstić information content (AvgIpc) is 2.49. The predicted molar refractivity (Wildman–Crippen MR) is 90.2 cm³/mol. The maximum absolute atomic E-state index is 6.41. The first-order valence-electron chi connectivity index (χ1n) is 7.30. The van der Waals surface area contributed by atoms with Crippen molar-refractivity contribution >= 4 is 11.6 Å². The van der Waals surface area contributed by atoms with Crippen molar-refractivity contribution in [2.75, 3.05) is 13.7 Å². The van der Waals surface area contributed by atoms with E-state index in [4.69, 9.17) is 16.3 Å². The van der Waals surface area contributed by atoms with Crippen molar-refractivity contribution in [2.45, 2.75) is 26.8 Å². The number of aryl methyl sites for hydroxylation is 1.